The standard InChI is InChI=1S/C12H16BrNO3/c1-9(7-16-2)14-12(15)8-17-11-6-4-3-5-10(11)13/h3-6,9H,7-8H2,1-2H3,(H,14,15)/t9-/m0/s1. The summed E-state index contributed by atoms with van der Waals surface area (Å²) < 4.78 is 11.1. The second-order valence-corrected chi connectivity index (χ2v) is 4.50. The van der Waals surface area contributed by atoms with Crippen molar-refractivity contribution in [2.75, 3.05) is 20.3 Å². The van der Waals surface area contributed by atoms with Gasteiger partial charge in [-0.1, -0.05) is 12.1 Å². The van der Waals surface area contributed by atoms with E-state index < -0.39 is 0 Å². The molecular formula is C12H16BrNO3. The number of rotatable bonds is 6. The number of methoxy groups -OCH3 is 1. The average Bonchev–Trinajstić information content (AvgIpc) is 2.28. The molecule has 1 aromatic rings. The average molecular weight is 302 g/mol. The second kappa shape index (κ2) is 7.29. The van der Waals surface area contributed by atoms with E-state index in [9.17, 15) is 4.79 Å². The van der Waals surface area contributed by atoms with E-state index in [1.807, 2.05) is 25.1 Å². The molecule has 0 aliphatic carbocycles. The maximum Gasteiger partial charge on any atom is 0.258 e. The molecule has 0 aliphatic rings. The predicted octanol–water partition coefficient (Wildman–Crippen LogP) is 1.98. The van der Waals surface area contributed by atoms with E-state index in [4.69, 9.17) is 9.47 Å². The monoisotopic (exact) mass is 301 g/mol. The molecule has 0 aromatic heterocycles. The van der Waals surface area contributed by atoms with E-state index in [-0.39, 0.29) is 18.6 Å². The lowest BCUT2D eigenvalue weighted by atomic mass is 10.3. The van der Waals surface area contributed by atoms with Crippen molar-refractivity contribution >= 4 is 21.8 Å². The zero-order chi connectivity index (χ0) is 12.7. The minimum absolute atomic E-state index is 0.00331. The highest BCUT2D eigenvalue weighted by Crippen LogP contribution is 2.23. The second-order valence-electron chi connectivity index (χ2n) is 3.64. The number of hydrogen-bond acceptors (Lipinski definition) is 3. The lowest BCUT2D eigenvalue weighted by Crippen LogP contribution is -2.38. The lowest BCUT2D eigenvalue weighted by Gasteiger charge is -2.13. The Morgan fingerprint density at radius 3 is 2.82 bits per heavy atom. The molecule has 94 valence electrons. The molecule has 0 bridgehead atoms. The van der Waals surface area contributed by atoms with Gasteiger partial charge in [0.25, 0.3) is 5.91 Å². The Bertz CT molecular complexity index is 371. The van der Waals surface area contributed by atoms with Crippen molar-refractivity contribution < 1.29 is 14.3 Å². The summed E-state index contributed by atoms with van der Waals surface area (Å²) in [7, 11) is 1.60. The molecule has 0 spiro atoms. The predicted molar refractivity (Wildman–Crippen MR) is 69.1 cm³/mol. The van der Waals surface area contributed by atoms with Crippen molar-refractivity contribution in [2.24, 2.45) is 0 Å². The van der Waals surface area contributed by atoms with Crippen molar-refractivity contribution in [3.8, 4) is 5.75 Å². The molecule has 17 heavy (non-hydrogen) atoms. The quantitative estimate of drug-likeness (QED) is 0.874. The topological polar surface area (TPSA) is 47.6 Å². The van der Waals surface area contributed by atoms with Gasteiger partial charge in [0, 0.05) is 13.2 Å². The summed E-state index contributed by atoms with van der Waals surface area (Å²) in [4.78, 5) is 11.5. The Morgan fingerprint density at radius 2 is 2.18 bits per heavy atom. The lowest BCUT2D eigenvalue weighted by molar-refractivity contribution is -0.124. The van der Waals surface area contributed by atoms with Gasteiger partial charge in [-0.15, -0.1) is 0 Å². The number of para-hydroxylation sites is 1. The minimum Gasteiger partial charge on any atom is -0.483 e. The van der Waals surface area contributed by atoms with Crippen LogP contribution in [0.25, 0.3) is 0 Å². The number of benzene rings is 1. The normalized spacial score (nSPS) is 11.9. The van der Waals surface area contributed by atoms with Crippen LogP contribution in [0.5, 0.6) is 5.75 Å². The van der Waals surface area contributed by atoms with E-state index in [1.54, 1.807) is 13.2 Å². The van der Waals surface area contributed by atoms with E-state index in [0.717, 1.165) is 4.47 Å². The summed E-state index contributed by atoms with van der Waals surface area (Å²) in [5.41, 5.74) is 0. The van der Waals surface area contributed by atoms with E-state index >= 15 is 0 Å². The van der Waals surface area contributed by atoms with Gasteiger partial charge >= 0.3 is 0 Å². The highest BCUT2D eigenvalue weighted by Gasteiger charge is 2.08. The molecule has 0 fully saturated rings. The van der Waals surface area contributed by atoms with Crippen molar-refractivity contribution in [1.29, 1.82) is 0 Å². The van der Waals surface area contributed by atoms with E-state index in [0.29, 0.717) is 12.4 Å². The third-order valence-corrected chi connectivity index (χ3v) is 2.67. The maximum atomic E-state index is 11.5. The highest BCUT2D eigenvalue weighted by atomic mass is 79.9. The molecule has 0 aliphatic heterocycles. The first-order valence-electron chi connectivity index (χ1n) is 5.29. The van der Waals surface area contributed by atoms with Gasteiger partial charge in [0.05, 0.1) is 11.1 Å². The first kappa shape index (κ1) is 14.0. The van der Waals surface area contributed by atoms with Gasteiger partial charge in [0.2, 0.25) is 0 Å². The Balaban J connectivity index is 2.36. The van der Waals surface area contributed by atoms with Gasteiger partial charge in [-0.25, -0.2) is 0 Å². The number of nitrogens with one attached hydrogen (secondary N) is 1. The van der Waals surface area contributed by atoms with Crippen molar-refractivity contribution in [1.82, 2.24) is 5.32 Å². The molecule has 5 heteroatoms. The summed E-state index contributed by atoms with van der Waals surface area (Å²) in [6, 6.07) is 7.38. The van der Waals surface area contributed by atoms with Crippen LogP contribution >= 0.6 is 15.9 Å². The van der Waals surface area contributed by atoms with Gasteiger partial charge in [-0.05, 0) is 35.0 Å². The number of halogens is 1. The first-order valence-corrected chi connectivity index (χ1v) is 6.08. The van der Waals surface area contributed by atoms with Crippen LogP contribution in [0, 0.1) is 0 Å². The largest absolute Gasteiger partial charge is 0.483 e. The SMILES string of the molecule is COC[C@H](C)NC(=O)COc1ccccc1Br. The number of hydrogen-bond donors (Lipinski definition) is 1. The van der Waals surface area contributed by atoms with Crippen LogP contribution in [-0.4, -0.2) is 32.3 Å². The van der Waals surface area contributed by atoms with Gasteiger partial charge in [-0.3, -0.25) is 4.79 Å². The zero-order valence-electron chi connectivity index (χ0n) is 9.90. The van der Waals surface area contributed by atoms with Gasteiger partial charge < -0.3 is 14.8 Å². The molecular weight excluding hydrogens is 286 g/mol. The number of carbonyl (C=O) groups is 1. The fourth-order valence-corrected chi connectivity index (χ4v) is 1.71. The Labute approximate surface area is 109 Å². The van der Waals surface area contributed by atoms with Gasteiger partial charge in [0.15, 0.2) is 6.61 Å². The third-order valence-electron chi connectivity index (χ3n) is 2.02. The summed E-state index contributed by atoms with van der Waals surface area (Å²) in [6.45, 7) is 2.36. The smallest absolute Gasteiger partial charge is 0.258 e. The Kier molecular flexibility index (Phi) is 6.00. The summed E-state index contributed by atoms with van der Waals surface area (Å²) in [5.74, 6) is 0.493. The summed E-state index contributed by atoms with van der Waals surface area (Å²) >= 11 is 3.35. The molecule has 1 N–H and O–H groups in total. The van der Waals surface area contributed by atoms with Crippen molar-refractivity contribution in [3.63, 3.8) is 0 Å². The molecule has 0 saturated carbocycles. The molecule has 0 radical (unpaired) electrons. The zero-order valence-corrected chi connectivity index (χ0v) is 11.5. The first-order chi connectivity index (χ1) is 8.13. The Hall–Kier alpha value is -1.07. The van der Waals surface area contributed by atoms with E-state index in [2.05, 4.69) is 21.2 Å². The van der Waals surface area contributed by atoms with Crippen LogP contribution in [0.3, 0.4) is 0 Å². The van der Waals surface area contributed by atoms with E-state index in [1.165, 1.54) is 0 Å². The number of carbonyl (C=O) groups excluding carboxylic acids is 1. The number of amides is 1. The number of ether oxygens (including phenoxy) is 2. The van der Waals surface area contributed by atoms with Gasteiger partial charge in [-0.2, -0.15) is 0 Å². The third kappa shape index (κ3) is 5.19. The molecule has 0 saturated heterocycles. The van der Waals surface area contributed by atoms with Crippen LogP contribution in [0.15, 0.2) is 28.7 Å². The van der Waals surface area contributed by atoms with Crippen LogP contribution in [0.1, 0.15) is 6.92 Å². The maximum absolute atomic E-state index is 11.5. The molecule has 0 heterocycles. The molecule has 1 amide bonds. The van der Waals surface area contributed by atoms with Crippen molar-refractivity contribution in [2.45, 2.75) is 13.0 Å². The fraction of sp³-hybridized carbons (Fsp3) is 0.417. The van der Waals surface area contributed by atoms with Crippen LogP contribution in [0.2, 0.25) is 0 Å². The molecule has 1 aromatic carbocycles. The summed E-state index contributed by atoms with van der Waals surface area (Å²) in [6.07, 6.45) is 0. The Morgan fingerprint density at radius 1 is 1.47 bits per heavy atom. The van der Waals surface area contributed by atoms with Crippen molar-refractivity contribution in [3.05, 3.63) is 28.7 Å². The highest BCUT2D eigenvalue weighted by molar-refractivity contribution is 9.10. The molecule has 1 rings (SSSR count). The van der Waals surface area contributed by atoms with Crippen LogP contribution in [-0.2, 0) is 9.53 Å². The van der Waals surface area contributed by atoms with Gasteiger partial charge in [0.1, 0.15) is 5.75 Å². The minimum atomic E-state index is -0.162. The molecule has 0 unspecified atom stereocenters. The fourth-order valence-electron chi connectivity index (χ4n) is 1.31. The molecule has 4 nitrogen and oxygen atoms in total. The molecule has 1 atom stereocenters. The van der Waals surface area contributed by atoms with Crippen LogP contribution < -0.4 is 10.1 Å². The summed E-state index contributed by atoms with van der Waals surface area (Å²) in [5, 5.41) is 2.77. The van der Waals surface area contributed by atoms with Crippen LogP contribution in [0.4, 0.5) is 0 Å².